The smallest absolute Gasteiger partial charge is 0.118 e. The Morgan fingerprint density at radius 1 is 1.30 bits per heavy atom. The van der Waals surface area contributed by atoms with Crippen molar-refractivity contribution in [2.45, 2.75) is 6.10 Å². The summed E-state index contributed by atoms with van der Waals surface area (Å²) in [6.07, 6.45) is -0.481. The fourth-order valence-electron chi connectivity index (χ4n) is 2.24. The van der Waals surface area contributed by atoms with Crippen LogP contribution in [0.1, 0.15) is 11.7 Å². The first-order valence-electron chi connectivity index (χ1n) is 7.12. The van der Waals surface area contributed by atoms with E-state index in [2.05, 4.69) is 10.2 Å². The monoisotopic (exact) mass is 280 g/mol. The van der Waals surface area contributed by atoms with Gasteiger partial charge in [-0.15, -0.1) is 0 Å². The average molecular weight is 280 g/mol. The molecule has 0 bridgehead atoms. The van der Waals surface area contributed by atoms with Crippen molar-refractivity contribution in [2.75, 3.05) is 53.0 Å². The predicted molar refractivity (Wildman–Crippen MR) is 78.1 cm³/mol. The quantitative estimate of drug-likeness (QED) is 0.718. The van der Waals surface area contributed by atoms with Gasteiger partial charge < -0.3 is 19.9 Å². The number of aliphatic hydroxyl groups excluding tert-OH is 1. The van der Waals surface area contributed by atoms with Crippen molar-refractivity contribution in [3.63, 3.8) is 0 Å². The highest BCUT2D eigenvalue weighted by Gasteiger charge is 2.10. The molecule has 1 atom stereocenters. The minimum atomic E-state index is -0.481. The Balaban J connectivity index is 1.64. The summed E-state index contributed by atoms with van der Waals surface area (Å²) in [7, 11) is 1.64. The van der Waals surface area contributed by atoms with E-state index >= 15 is 0 Å². The average Bonchev–Trinajstić information content (AvgIpc) is 2.52. The van der Waals surface area contributed by atoms with Gasteiger partial charge in [0.25, 0.3) is 0 Å². The van der Waals surface area contributed by atoms with Crippen LogP contribution in [0.4, 0.5) is 0 Å². The molecule has 1 aromatic carbocycles. The van der Waals surface area contributed by atoms with Gasteiger partial charge in [-0.1, -0.05) is 12.1 Å². The third kappa shape index (κ3) is 4.76. The van der Waals surface area contributed by atoms with E-state index in [0.29, 0.717) is 6.54 Å². The van der Waals surface area contributed by atoms with E-state index in [0.717, 1.165) is 50.7 Å². The van der Waals surface area contributed by atoms with E-state index in [1.807, 2.05) is 24.3 Å². The molecule has 1 heterocycles. The first-order valence-corrected chi connectivity index (χ1v) is 7.12. The summed E-state index contributed by atoms with van der Waals surface area (Å²) in [4.78, 5) is 2.37. The molecule has 112 valence electrons. The molecule has 1 aliphatic rings. The Bertz CT molecular complexity index is 377. The van der Waals surface area contributed by atoms with Crippen molar-refractivity contribution < 1.29 is 14.6 Å². The van der Waals surface area contributed by atoms with E-state index in [9.17, 15) is 5.11 Å². The number of hydrogen-bond donors (Lipinski definition) is 2. The van der Waals surface area contributed by atoms with Gasteiger partial charge in [-0.3, -0.25) is 4.90 Å². The van der Waals surface area contributed by atoms with E-state index < -0.39 is 6.10 Å². The van der Waals surface area contributed by atoms with Gasteiger partial charge in [0.15, 0.2) is 0 Å². The van der Waals surface area contributed by atoms with Crippen LogP contribution in [-0.2, 0) is 4.74 Å². The summed E-state index contributed by atoms with van der Waals surface area (Å²) < 4.78 is 10.4. The number of ether oxygens (including phenoxy) is 2. The van der Waals surface area contributed by atoms with Gasteiger partial charge in [0, 0.05) is 32.7 Å². The number of nitrogens with zero attached hydrogens (tertiary/aromatic N) is 1. The molecule has 1 fully saturated rings. The highest BCUT2D eigenvalue weighted by atomic mass is 16.5. The highest BCUT2D eigenvalue weighted by Crippen LogP contribution is 2.16. The molecule has 0 amide bonds. The van der Waals surface area contributed by atoms with Crippen LogP contribution >= 0.6 is 0 Å². The molecule has 1 unspecified atom stereocenters. The Morgan fingerprint density at radius 2 is 2.00 bits per heavy atom. The number of benzene rings is 1. The molecular weight excluding hydrogens is 256 g/mol. The Morgan fingerprint density at radius 3 is 2.65 bits per heavy atom. The fraction of sp³-hybridized carbons (Fsp3) is 0.600. The van der Waals surface area contributed by atoms with Gasteiger partial charge in [0.1, 0.15) is 5.75 Å². The lowest BCUT2D eigenvalue weighted by molar-refractivity contribution is 0.0380. The van der Waals surface area contributed by atoms with Crippen molar-refractivity contribution in [2.24, 2.45) is 0 Å². The van der Waals surface area contributed by atoms with Crippen molar-refractivity contribution in [3.05, 3.63) is 29.8 Å². The third-order valence-corrected chi connectivity index (χ3v) is 3.55. The molecular formula is C15H24N2O3. The van der Waals surface area contributed by atoms with Gasteiger partial charge in [-0.25, -0.2) is 0 Å². The zero-order valence-corrected chi connectivity index (χ0v) is 12.0. The molecule has 0 radical (unpaired) electrons. The first kappa shape index (κ1) is 15.3. The second-order valence-electron chi connectivity index (χ2n) is 4.95. The number of methoxy groups -OCH3 is 1. The third-order valence-electron chi connectivity index (χ3n) is 3.55. The Hall–Kier alpha value is -1.14. The Labute approximate surface area is 120 Å². The summed E-state index contributed by atoms with van der Waals surface area (Å²) in [6.45, 7) is 6.11. The van der Waals surface area contributed by atoms with Crippen molar-refractivity contribution in [1.29, 1.82) is 0 Å². The van der Waals surface area contributed by atoms with E-state index in [-0.39, 0.29) is 0 Å². The standard InChI is InChI=1S/C15H24N2O3/c1-19-14-4-2-13(3-5-14)15(18)12-16-6-7-17-8-10-20-11-9-17/h2-5,15-16,18H,6-12H2,1H3. The topological polar surface area (TPSA) is 54.0 Å². The van der Waals surface area contributed by atoms with Crippen molar-refractivity contribution in [1.82, 2.24) is 10.2 Å². The van der Waals surface area contributed by atoms with Crippen LogP contribution in [0.2, 0.25) is 0 Å². The maximum Gasteiger partial charge on any atom is 0.118 e. The molecule has 20 heavy (non-hydrogen) atoms. The van der Waals surface area contributed by atoms with Crippen molar-refractivity contribution >= 4 is 0 Å². The second kappa shape index (κ2) is 8.21. The molecule has 1 aromatic rings. The Kier molecular flexibility index (Phi) is 6.26. The molecule has 0 spiro atoms. The van der Waals surface area contributed by atoms with Gasteiger partial charge in [0.05, 0.1) is 26.4 Å². The number of rotatable bonds is 7. The normalized spacial score (nSPS) is 17.9. The summed E-state index contributed by atoms with van der Waals surface area (Å²) in [5.41, 5.74) is 0.907. The lowest BCUT2D eigenvalue weighted by atomic mass is 10.1. The van der Waals surface area contributed by atoms with E-state index in [4.69, 9.17) is 9.47 Å². The zero-order chi connectivity index (χ0) is 14.2. The lowest BCUT2D eigenvalue weighted by Gasteiger charge is -2.26. The summed E-state index contributed by atoms with van der Waals surface area (Å²) in [6, 6.07) is 7.53. The summed E-state index contributed by atoms with van der Waals surface area (Å²) in [5, 5.41) is 13.4. The van der Waals surface area contributed by atoms with Crippen LogP contribution < -0.4 is 10.1 Å². The molecule has 5 heteroatoms. The maximum atomic E-state index is 10.1. The highest BCUT2D eigenvalue weighted by molar-refractivity contribution is 5.28. The summed E-state index contributed by atoms with van der Waals surface area (Å²) in [5.74, 6) is 0.807. The maximum absolute atomic E-state index is 10.1. The lowest BCUT2D eigenvalue weighted by Crippen LogP contribution is -2.40. The van der Waals surface area contributed by atoms with Gasteiger partial charge in [-0.05, 0) is 17.7 Å². The number of hydrogen-bond acceptors (Lipinski definition) is 5. The van der Waals surface area contributed by atoms with Crippen LogP contribution in [0.5, 0.6) is 5.75 Å². The molecule has 5 nitrogen and oxygen atoms in total. The summed E-state index contributed by atoms with van der Waals surface area (Å²) >= 11 is 0. The van der Waals surface area contributed by atoms with Gasteiger partial charge in [-0.2, -0.15) is 0 Å². The molecule has 0 saturated carbocycles. The molecule has 2 rings (SSSR count). The minimum Gasteiger partial charge on any atom is -0.497 e. The van der Waals surface area contributed by atoms with Gasteiger partial charge >= 0.3 is 0 Å². The molecule has 2 N–H and O–H groups in total. The molecule has 0 aliphatic carbocycles. The van der Waals surface area contributed by atoms with E-state index in [1.165, 1.54) is 0 Å². The van der Waals surface area contributed by atoms with Crippen LogP contribution in [-0.4, -0.2) is 63.1 Å². The van der Waals surface area contributed by atoms with Crippen molar-refractivity contribution in [3.8, 4) is 5.75 Å². The second-order valence-corrected chi connectivity index (χ2v) is 4.95. The molecule has 1 saturated heterocycles. The minimum absolute atomic E-state index is 0.481. The molecule has 0 aromatic heterocycles. The fourth-order valence-corrected chi connectivity index (χ4v) is 2.24. The van der Waals surface area contributed by atoms with Crippen LogP contribution in [0, 0.1) is 0 Å². The van der Waals surface area contributed by atoms with Crippen LogP contribution in [0.3, 0.4) is 0 Å². The predicted octanol–water partition coefficient (Wildman–Crippen LogP) is 0.650. The number of nitrogens with one attached hydrogen (secondary N) is 1. The zero-order valence-electron chi connectivity index (χ0n) is 12.0. The van der Waals surface area contributed by atoms with Crippen LogP contribution in [0.15, 0.2) is 24.3 Å². The van der Waals surface area contributed by atoms with Gasteiger partial charge in [0.2, 0.25) is 0 Å². The van der Waals surface area contributed by atoms with Crippen LogP contribution in [0.25, 0.3) is 0 Å². The van der Waals surface area contributed by atoms with E-state index in [1.54, 1.807) is 7.11 Å². The first-order chi connectivity index (χ1) is 9.79. The molecule has 1 aliphatic heterocycles. The SMILES string of the molecule is COc1ccc(C(O)CNCCN2CCOCC2)cc1. The largest absolute Gasteiger partial charge is 0.497 e. The number of morpholine rings is 1. The number of aliphatic hydroxyl groups is 1.